The number of H-pyrrole nitrogens is 1. The number of aryl methyl sites for hydroxylation is 1. The molecule has 1 amide bonds. The van der Waals surface area contributed by atoms with E-state index in [1.54, 1.807) is 24.3 Å². The number of nitrogens with one attached hydrogen (secondary N) is 2. The van der Waals surface area contributed by atoms with Crippen molar-refractivity contribution in [2.45, 2.75) is 25.4 Å². The van der Waals surface area contributed by atoms with Crippen molar-refractivity contribution in [1.82, 2.24) is 15.2 Å². The molecule has 6 nitrogen and oxygen atoms in total. The van der Waals surface area contributed by atoms with E-state index < -0.39 is 0 Å². The molecule has 0 aliphatic heterocycles. The van der Waals surface area contributed by atoms with Gasteiger partial charge >= 0.3 is 0 Å². The molecule has 0 unspecified atom stereocenters. The lowest BCUT2D eigenvalue weighted by Gasteiger charge is -2.04. The van der Waals surface area contributed by atoms with Crippen LogP contribution >= 0.6 is 11.8 Å². The topological polar surface area (TPSA) is 87.7 Å². The lowest BCUT2D eigenvalue weighted by molar-refractivity contribution is -0.113. The van der Waals surface area contributed by atoms with E-state index in [4.69, 9.17) is 0 Å². The Labute approximate surface area is 126 Å². The van der Waals surface area contributed by atoms with Gasteiger partial charge in [-0.05, 0) is 31.2 Å². The monoisotopic (exact) mass is 304 g/mol. The number of Topliss-reactive ketones (excluding diaryl/α,β-unsaturated/α-hetero) is 1. The highest BCUT2D eigenvalue weighted by atomic mass is 32.2. The van der Waals surface area contributed by atoms with E-state index in [1.807, 2.05) is 6.92 Å². The second-order valence-corrected chi connectivity index (χ2v) is 5.33. The molecule has 21 heavy (non-hydrogen) atoms. The highest BCUT2D eigenvalue weighted by Gasteiger charge is 2.08. The van der Waals surface area contributed by atoms with E-state index >= 15 is 0 Å². The van der Waals surface area contributed by atoms with Crippen molar-refractivity contribution in [2.24, 2.45) is 0 Å². The number of carbonyl (C=O) groups is 2. The molecule has 0 aliphatic rings. The zero-order chi connectivity index (χ0) is 15.2. The molecule has 1 aromatic carbocycles. The van der Waals surface area contributed by atoms with Crippen molar-refractivity contribution in [3.63, 3.8) is 0 Å². The summed E-state index contributed by atoms with van der Waals surface area (Å²) >= 11 is 1.27. The maximum atomic E-state index is 11.8. The molecule has 0 spiro atoms. The van der Waals surface area contributed by atoms with E-state index in [0.29, 0.717) is 16.4 Å². The number of benzene rings is 1. The van der Waals surface area contributed by atoms with Crippen LogP contribution in [0, 0.1) is 0 Å². The van der Waals surface area contributed by atoms with Crippen molar-refractivity contribution in [3.05, 3.63) is 35.7 Å². The average molecular weight is 304 g/mol. The van der Waals surface area contributed by atoms with Gasteiger partial charge in [0.15, 0.2) is 5.78 Å². The third kappa shape index (κ3) is 4.42. The number of rotatable bonds is 6. The van der Waals surface area contributed by atoms with Crippen molar-refractivity contribution in [2.75, 3.05) is 11.1 Å². The highest BCUT2D eigenvalue weighted by Crippen LogP contribution is 2.14. The first kappa shape index (κ1) is 15.2. The first-order chi connectivity index (χ1) is 10.1. The Kier molecular flexibility index (Phi) is 5.10. The first-order valence-electron chi connectivity index (χ1n) is 6.53. The quantitative estimate of drug-likeness (QED) is 0.631. The van der Waals surface area contributed by atoms with Crippen molar-refractivity contribution < 1.29 is 9.59 Å². The fraction of sp³-hybridized carbons (Fsp3) is 0.286. The van der Waals surface area contributed by atoms with Crippen LogP contribution in [0.1, 0.15) is 30.0 Å². The van der Waals surface area contributed by atoms with Gasteiger partial charge in [-0.3, -0.25) is 14.7 Å². The van der Waals surface area contributed by atoms with Crippen LogP contribution in [-0.2, 0) is 11.2 Å². The third-order valence-corrected chi connectivity index (χ3v) is 3.60. The Morgan fingerprint density at radius 1 is 1.29 bits per heavy atom. The van der Waals surface area contributed by atoms with Crippen LogP contribution in [-0.4, -0.2) is 32.6 Å². The summed E-state index contributed by atoms with van der Waals surface area (Å²) in [5.74, 6) is 0.895. The van der Waals surface area contributed by atoms with Gasteiger partial charge in [0.05, 0.1) is 5.75 Å². The number of anilines is 1. The third-order valence-electron chi connectivity index (χ3n) is 2.75. The van der Waals surface area contributed by atoms with Crippen LogP contribution in [0.4, 0.5) is 5.69 Å². The van der Waals surface area contributed by atoms with Crippen molar-refractivity contribution in [1.29, 1.82) is 0 Å². The highest BCUT2D eigenvalue weighted by molar-refractivity contribution is 7.99. The minimum atomic E-state index is -0.140. The number of aromatic nitrogens is 3. The minimum absolute atomic E-state index is 0.000216. The molecular weight excluding hydrogens is 288 g/mol. The zero-order valence-electron chi connectivity index (χ0n) is 11.8. The van der Waals surface area contributed by atoms with Crippen LogP contribution in [0.3, 0.4) is 0 Å². The molecular formula is C14H16N4O2S. The second kappa shape index (κ2) is 7.03. The summed E-state index contributed by atoms with van der Waals surface area (Å²) in [5.41, 5.74) is 1.28. The molecule has 0 radical (unpaired) electrons. The number of thioether (sulfide) groups is 1. The number of hydrogen-bond acceptors (Lipinski definition) is 5. The number of aromatic amines is 1. The smallest absolute Gasteiger partial charge is 0.234 e. The van der Waals surface area contributed by atoms with Gasteiger partial charge in [0.1, 0.15) is 5.82 Å². The Bertz CT molecular complexity index is 637. The molecule has 0 bridgehead atoms. The van der Waals surface area contributed by atoms with Gasteiger partial charge in [0.25, 0.3) is 0 Å². The van der Waals surface area contributed by atoms with Crippen molar-refractivity contribution >= 4 is 29.1 Å². The molecule has 2 aromatic rings. The van der Waals surface area contributed by atoms with Gasteiger partial charge < -0.3 is 5.32 Å². The molecule has 110 valence electrons. The molecule has 0 aliphatic carbocycles. The lowest BCUT2D eigenvalue weighted by Crippen LogP contribution is -2.14. The molecule has 0 fully saturated rings. The summed E-state index contributed by atoms with van der Waals surface area (Å²) in [6, 6.07) is 6.80. The Hall–Kier alpha value is -2.15. The van der Waals surface area contributed by atoms with E-state index in [2.05, 4.69) is 20.5 Å². The van der Waals surface area contributed by atoms with Gasteiger partial charge in [0.2, 0.25) is 11.1 Å². The van der Waals surface area contributed by atoms with E-state index in [0.717, 1.165) is 12.2 Å². The fourth-order valence-electron chi connectivity index (χ4n) is 1.62. The summed E-state index contributed by atoms with van der Waals surface area (Å²) < 4.78 is 0. The predicted octanol–water partition coefficient (Wildman–Crippen LogP) is 2.30. The number of ketones is 1. The van der Waals surface area contributed by atoms with Gasteiger partial charge in [-0.2, -0.15) is 0 Å². The van der Waals surface area contributed by atoms with Crippen molar-refractivity contribution in [3.8, 4) is 0 Å². The molecule has 2 N–H and O–H groups in total. The summed E-state index contributed by atoms with van der Waals surface area (Å²) in [4.78, 5) is 27.2. The normalized spacial score (nSPS) is 10.4. The van der Waals surface area contributed by atoms with E-state index in [-0.39, 0.29) is 17.4 Å². The maximum Gasteiger partial charge on any atom is 0.234 e. The second-order valence-electron chi connectivity index (χ2n) is 4.39. The Morgan fingerprint density at radius 2 is 2.00 bits per heavy atom. The zero-order valence-corrected chi connectivity index (χ0v) is 12.7. The SMILES string of the molecule is CCc1nc(SCC(=O)Nc2ccc(C(C)=O)cc2)n[nH]1. The van der Waals surface area contributed by atoms with E-state index in [9.17, 15) is 9.59 Å². The molecule has 7 heteroatoms. The van der Waals surface area contributed by atoms with Crippen LogP contribution in [0.2, 0.25) is 0 Å². The molecule has 1 aromatic heterocycles. The predicted molar refractivity (Wildman–Crippen MR) is 81.6 cm³/mol. The molecule has 1 heterocycles. The van der Waals surface area contributed by atoms with Crippen LogP contribution in [0.5, 0.6) is 0 Å². The number of carbonyl (C=O) groups excluding carboxylic acids is 2. The van der Waals surface area contributed by atoms with Crippen LogP contribution in [0.15, 0.2) is 29.4 Å². The summed E-state index contributed by atoms with van der Waals surface area (Å²) in [7, 11) is 0. The average Bonchev–Trinajstić information content (AvgIpc) is 2.94. The Balaban J connectivity index is 1.85. The van der Waals surface area contributed by atoms with Crippen LogP contribution in [0.25, 0.3) is 0 Å². The summed E-state index contributed by atoms with van der Waals surface area (Å²) in [5, 5.41) is 10.1. The first-order valence-corrected chi connectivity index (χ1v) is 7.52. The Morgan fingerprint density at radius 3 is 2.57 bits per heavy atom. The fourth-order valence-corrected chi connectivity index (χ4v) is 2.23. The van der Waals surface area contributed by atoms with Gasteiger partial charge in [-0.25, -0.2) is 4.98 Å². The van der Waals surface area contributed by atoms with E-state index in [1.165, 1.54) is 18.7 Å². The minimum Gasteiger partial charge on any atom is -0.325 e. The van der Waals surface area contributed by atoms with Gasteiger partial charge in [-0.1, -0.05) is 18.7 Å². The van der Waals surface area contributed by atoms with Gasteiger partial charge in [-0.15, -0.1) is 5.10 Å². The number of hydrogen-bond donors (Lipinski definition) is 2. The maximum absolute atomic E-state index is 11.8. The molecule has 0 saturated heterocycles. The number of nitrogens with zero attached hydrogens (tertiary/aromatic N) is 2. The standard InChI is InChI=1S/C14H16N4O2S/c1-3-12-16-14(18-17-12)21-8-13(20)15-11-6-4-10(5-7-11)9(2)19/h4-7H,3,8H2,1-2H3,(H,15,20)(H,16,17,18). The number of amides is 1. The molecule has 0 atom stereocenters. The largest absolute Gasteiger partial charge is 0.325 e. The summed E-state index contributed by atoms with van der Waals surface area (Å²) in [6.07, 6.45) is 0.780. The van der Waals surface area contributed by atoms with Crippen LogP contribution < -0.4 is 5.32 Å². The summed E-state index contributed by atoms with van der Waals surface area (Å²) in [6.45, 7) is 3.48. The molecule has 2 rings (SSSR count). The molecule has 0 saturated carbocycles. The van der Waals surface area contributed by atoms with Gasteiger partial charge in [0, 0.05) is 17.7 Å². The lowest BCUT2D eigenvalue weighted by atomic mass is 10.1.